The lowest BCUT2D eigenvalue weighted by molar-refractivity contribution is -0.139. The molecule has 2 aromatic carbocycles. The van der Waals surface area contributed by atoms with Crippen LogP contribution >= 0.6 is 15.9 Å². The van der Waals surface area contributed by atoms with Crippen LogP contribution < -0.4 is 10.6 Å². The number of carbonyl (C=O) groups excluding carboxylic acids is 2. The minimum absolute atomic E-state index is 0.123. The number of aromatic amines is 1. The molecule has 2 heterocycles. The van der Waals surface area contributed by atoms with E-state index < -0.39 is 18.1 Å². The molecule has 1 saturated heterocycles. The van der Waals surface area contributed by atoms with E-state index in [-0.39, 0.29) is 5.82 Å². The summed E-state index contributed by atoms with van der Waals surface area (Å²) in [6.45, 7) is 0. The number of ether oxygens (including phenoxy) is 1. The molecule has 1 amide bonds. The summed E-state index contributed by atoms with van der Waals surface area (Å²) in [6, 6.07) is 14.6. The molecule has 140 valence electrons. The van der Waals surface area contributed by atoms with Gasteiger partial charge in [-0.15, -0.1) is 0 Å². The number of aromatic nitrogens is 3. The average Bonchev–Trinajstić information content (AvgIpc) is 3.35. The maximum absolute atomic E-state index is 12.1. The molecule has 4 rings (SSSR count). The van der Waals surface area contributed by atoms with Gasteiger partial charge >= 0.3 is 5.97 Å². The molecule has 3 aromatic rings. The van der Waals surface area contributed by atoms with Crippen LogP contribution in [0.2, 0.25) is 0 Å². The summed E-state index contributed by atoms with van der Waals surface area (Å²) in [5, 5.41) is 11.9. The van der Waals surface area contributed by atoms with Crippen LogP contribution in [0.1, 0.15) is 28.0 Å². The fourth-order valence-electron chi connectivity index (χ4n) is 2.62. The number of benzene rings is 2. The van der Waals surface area contributed by atoms with Crippen LogP contribution in [-0.4, -0.2) is 27.1 Å². The van der Waals surface area contributed by atoms with E-state index >= 15 is 0 Å². The number of nitrogens with one attached hydrogen (secondary N) is 3. The second-order valence-corrected chi connectivity index (χ2v) is 6.87. The molecule has 0 aliphatic carbocycles. The Bertz CT molecular complexity index is 1030. The van der Waals surface area contributed by atoms with E-state index in [4.69, 9.17) is 4.74 Å². The van der Waals surface area contributed by atoms with Gasteiger partial charge in [0, 0.05) is 15.7 Å². The van der Waals surface area contributed by atoms with Crippen LogP contribution in [0, 0.1) is 0 Å². The molecular formula is C19H14BrN5O3. The van der Waals surface area contributed by atoms with Crippen LogP contribution in [0.4, 0.5) is 5.69 Å². The van der Waals surface area contributed by atoms with Gasteiger partial charge in [0.05, 0.1) is 0 Å². The van der Waals surface area contributed by atoms with Gasteiger partial charge in [-0.2, -0.15) is 5.10 Å². The zero-order valence-electron chi connectivity index (χ0n) is 14.3. The van der Waals surface area contributed by atoms with Crippen molar-refractivity contribution in [3.8, 4) is 0 Å². The van der Waals surface area contributed by atoms with E-state index in [0.29, 0.717) is 11.4 Å². The molecule has 1 fully saturated rings. The number of esters is 1. The van der Waals surface area contributed by atoms with Crippen molar-refractivity contribution in [2.75, 3.05) is 5.32 Å². The highest BCUT2D eigenvalue weighted by Gasteiger charge is 2.29. The Morgan fingerprint density at radius 2 is 1.89 bits per heavy atom. The van der Waals surface area contributed by atoms with E-state index in [1.54, 1.807) is 30.3 Å². The molecule has 1 aromatic heterocycles. The van der Waals surface area contributed by atoms with Crippen LogP contribution in [0.15, 0.2) is 65.0 Å². The van der Waals surface area contributed by atoms with Crippen molar-refractivity contribution in [3.63, 3.8) is 0 Å². The van der Waals surface area contributed by atoms with Gasteiger partial charge in [-0.1, -0.05) is 40.2 Å². The van der Waals surface area contributed by atoms with E-state index in [0.717, 1.165) is 15.6 Å². The molecule has 9 heteroatoms. The molecule has 8 nitrogen and oxygen atoms in total. The summed E-state index contributed by atoms with van der Waals surface area (Å²) in [4.78, 5) is 27.9. The standard InChI is InChI=1S/C19H14BrN5O3/c20-13-5-1-11(2-6-13)9-15-19(27)28-18(24-15)12-3-7-14(8-4-12)23-17(26)16-21-10-22-25-16/h1-10,18,24H,(H,23,26)(H,21,22,25)/b15-9-/t18-/m0/s1. The Morgan fingerprint density at radius 1 is 1.14 bits per heavy atom. The normalized spacial score (nSPS) is 17.2. The van der Waals surface area contributed by atoms with Gasteiger partial charge in [-0.3, -0.25) is 9.89 Å². The van der Waals surface area contributed by atoms with Gasteiger partial charge in [0.15, 0.2) is 6.23 Å². The lowest BCUT2D eigenvalue weighted by atomic mass is 10.1. The van der Waals surface area contributed by atoms with Crippen molar-refractivity contribution in [3.05, 3.63) is 82.0 Å². The zero-order valence-corrected chi connectivity index (χ0v) is 15.9. The van der Waals surface area contributed by atoms with Gasteiger partial charge < -0.3 is 15.4 Å². The fraction of sp³-hybridized carbons (Fsp3) is 0.0526. The SMILES string of the molecule is O=C1O[C@@H](c2ccc(NC(=O)c3ncn[nH]3)cc2)N/C1=C\c1ccc(Br)cc1. The molecule has 1 aliphatic rings. The maximum Gasteiger partial charge on any atom is 0.356 e. The highest BCUT2D eigenvalue weighted by atomic mass is 79.9. The summed E-state index contributed by atoms with van der Waals surface area (Å²) in [5.41, 5.74) is 2.61. The van der Waals surface area contributed by atoms with Crippen molar-refractivity contribution in [2.45, 2.75) is 6.23 Å². The summed E-state index contributed by atoms with van der Waals surface area (Å²) >= 11 is 3.38. The summed E-state index contributed by atoms with van der Waals surface area (Å²) in [6.07, 6.45) is 2.41. The molecule has 0 saturated carbocycles. The lowest BCUT2D eigenvalue weighted by Crippen LogP contribution is -2.15. The van der Waals surface area contributed by atoms with E-state index in [9.17, 15) is 9.59 Å². The molecule has 28 heavy (non-hydrogen) atoms. The predicted molar refractivity (Wildman–Crippen MR) is 105 cm³/mol. The van der Waals surface area contributed by atoms with Crippen molar-refractivity contribution >= 4 is 39.6 Å². The molecule has 0 radical (unpaired) electrons. The topological polar surface area (TPSA) is 109 Å². The monoisotopic (exact) mass is 439 g/mol. The van der Waals surface area contributed by atoms with E-state index in [1.807, 2.05) is 24.3 Å². The number of amides is 1. The minimum atomic E-state index is -0.590. The van der Waals surface area contributed by atoms with Gasteiger partial charge in [-0.05, 0) is 35.9 Å². The number of anilines is 1. The molecular weight excluding hydrogens is 426 g/mol. The second kappa shape index (κ2) is 7.65. The van der Waals surface area contributed by atoms with Crippen LogP contribution in [0.25, 0.3) is 6.08 Å². The first-order valence-electron chi connectivity index (χ1n) is 8.30. The molecule has 0 bridgehead atoms. The average molecular weight is 440 g/mol. The van der Waals surface area contributed by atoms with Gasteiger partial charge in [0.1, 0.15) is 12.0 Å². The van der Waals surface area contributed by atoms with Gasteiger partial charge in [0.25, 0.3) is 5.91 Å². The Hall–Kier alpha value is -3.46. The number of hydrogen-bond acceptors (Lipinski definition) is 6. The third kappa shape index (κ3) is 3.94. The van der Waals surface area contributed by atoms with Crippen molar-refractivity contribution in [1.29, 1.82) is 0 Å². The third-order valence-electron chi connectivity index (χ3n) is 4.01. The quantitative estimate of drug-likeness (QED) is 0.425. The first-order chi connectivity index (χ1) is 13.6. The molecule has 0 unspecified atom stereocenters. The summed E-state index contributed by atoms with van der Waals surface area (Å²) in [5.74, 6) is -0.691. The predicted octanol–water partition coefficient (Wildman–Crippen LogP) is 3.01. The number of carbonyl (C=O) groups is 2. The summed E-state index contributed by atoms with van der Waals surface area (Å²) < 4.78 is 6.36. The third-order valence-corrected chi connectivity index (χ3v) is 4.54. The van der Waals surface area contributed by atoms with Crippen molar-refractivity contribution in [1.82, 2.24) is 20.5 Å². The first-order valence-corrected chi connectivity index (χ1v) is 9.09. The Balaban J connectivity index is 1.44. The lowest BCUT2D eigenvalue weighted by Gasteiger charge is -2.11. The Morgan fingerprint density at radius 3 is 2.57 bits per heavy atom. The largest absolute Gasteiger partial charge is 0.433 e. The van der Waals surface area contributed by atoms with Crippen LogP contribution in [0.3, 0.4) is 0 Å². The van der Waals surface area contributed by atoms with Crippen molar-refractivity contribution < 1.29 is 14.3 Å². The first kappa shape index (κ1) is 17.9. The highest BCUT2D eigenvalue weighted by molar-refractivity contribution is 9.10. The smallest absolute Gasteiger partial charge is 0.356 e. The second-order valence-electron chi connectivity index (χ2n) is 5.95. The molecule has 1 atom stereocenters. The highest BCUT2D eigenvalue weighted by Crippen LogP contribution is 2.26. The minimum Gasteiger partial charge on any atom is -0.433 e. The number of nitrogens with zero attached hydrogens (tertiary/aromatic N) is 2. The van der Waals surface area contributed by atoms with Gasteiger partial charge in [-0.25, -0.2) is 9.78 Å². The maximum atomic E-state index is 12.1. The van der Waals surface area contributed by atoms with Crippen LogP contribution in [-0.2, 0) is 9.53 Å². The van der Waals surface area contributed by atoms with Crippen LogP contribution in [0.5, 0.6) is 0 Å². The number of halogens is 1. The Kier molecular flexibility index (Phi) is 4.90. The number of H-pyrrole nitrogens is 1. The summed E-state index contributed by atoms with van der Waals surface area (Å²) in [7, 11) is 0. The van der Waals surface area contributed by atoms with E-state index in [2.05, 4.69) is 41.7 Å². The molecule has 1 aliphatic heterocycles. The number of rotatable bonds is 4. The molecule has 3 N–H and O–H groups in total. The van der Waals surface area contributed by atoms with Gasteiger partial charge in [0.2, 0.25) is 5.82 Å². The Labute approximate surface area is 168 Å². The molecule has 0 spiro atoms. The van der Waals surface area contributed by atoms with Crippen molar-refractivity contribution in [2.24, 2.45) is 0 Å². The number of cyclic esters (lactones) is 1. The zero-order chi connectivity index (χ0) is 19.5. The van der Waals surface area contributed by atoms with E-state index in [1.165, 1.54) is 6.33 Å². The number of hydrogen-bond donors (Lipinski definition) is 3. The fourth-order valence-corrected chi connectivity index (χ4v) is 2.89.